The van der Waals surface area contributed by atoms with Gasteiger partial charge in [0.05, 0.1) is 24.5 Å². The van der Waals surface area contributed by atoms with Crippen molar-refractivity contribution in [3.8, 4) is 5.75 Å². The topological polar surface area (TPSA) is 76.5 Å². The van der Waals surface area contributed by atoms with Crippen LogP contribution in [0.4, 0.5) is 5.69 Å². The summed E-state index contributed by atoms with van der Waals surface area (Å²) in [7, 11) is 0. The number of anilines is 1. The molecule has 1 aromatic heterocycles. The summed E-state index contributed by atoms with van der Waals surface area (Å²) < 4.78 is 7.49. The van der Waals surface area contributed by atoms with Gasteiger partial charge in [-0.1, -0.05) is 12.1 Å². The molecule has 3 rings (SSSR count). The molecule has 1 fully saturated rings. The van der Waals surface area contributed by atoms with E-state index in [0.717, 1.165) is 5.69 Å². The molecule has 1 aromatic carbocycles. The Morgan fingerprint density at radius 1 is 1.40 bits per heavy atom. The Morgan fingerprint density at radius 2 is 2.24 bits per heavy atom. The van der Waals surface area contributed by atoms with E-state index in [4.69, 9.17) is 4.74 Å². The lowest BCUT2D eigenvalue weighted by molar-refractivity contribution is -0.126. The number of carbonyl (C=O) groups is 2. The summed E-state index contributed by atoms with van der Waals surface area (Å²) in [5.41, 5.74) is 0.725. The summed E-state index contributed by atoms with van der Waals surface area (Å²) in [4.78, 5) is 30.4. The number of hydrogen-bond acceptors (Lipinski definition) is 4. The first-order chi connectivity index (χ1) is 12.2. The van der Waals surface area contributed by atoms with Gasteiger partial charge in [-0.3, -0.25) is 9.59 Å². The van der Waals surface area contributed by atoms with Crippen LogP contribution in [-0.4, -0.2) is 41.1 Å². The fraction of sp³-hybridized carbons (Fsp3) is 0.389. The van der Waals surface area contributed by atoms with Crippen molar-refractivity contribution in [2.24, 2.45) is 5.92 Å². The third-order valence-corrected chi connectivity index (χ3v) is 4.18. The maximum atomic E-state index is 12.4. The van der Waals surface area contributed by atoms with Crippen LogP contribution in [-0.2, 0) is 16.1 Å². The molecule has 2 heterocycles. The van der Waals surface area contributed by atoms with Gasteiger partial charge in [0.15, 0.2) is 0 Å². The summed E-state index contributed by atoms with van der Waals surface area (Å²) in [6, 6.07) is 7.42. The predicted molar refractivity (Wildman–Crippen MR) is 93.3 cm³/mol. The monoisotopic (exact) mass is 342 g/mol. The van der Waals surface area contributed by atoms with E-state index in [1.165, 1.54) is 0 Å². The molecule has 1 saturated heterocycles. The zero-order chi connectivity index (χ0) is 17.6. The van der Waals surface area contributed by atoms with Crippen molar-refractivity contribution in [2.45, 2.75) is 19.9 Å². The molecule has 0 saturated carbocycles. The Morgan fingerprint density at radius 3 is 3.00 bits per heavy atom. The molecular formula is C18H22N4O3. The van der Waals surface area contributed by atoms with E-state index in [-0.39, 0.29) is 24.2 Å². The molecule has 0 bridgehead atoms. The number of aromatic nitrogens is 2. The van der Waals surface area contributed by atoms with E-state index < -0.39 is 0 Å². The zero-order valence-electron chi connectivity index (χ0n) is 14.2. The first-order valence-corrected chi connectivity index (χ1v) is 8.44. The fourth-order valence-electron chi connectivity index (χ4n) is 2.95. The molecule has 1 aliphatic rings. The third kappa shape index (κ3) is 3.99. The van der Waals surface area contributed by atoms with Gasteiger partial charge in [0.1, 0.15) is 5.75 Å². The van der Waals surface area contributed by atoms with Crippen LogP contribution in [0.2, 0.25) is 0 Å². The van der Waals surface area contributed by atoms with Crippen molar-refractivity contribution in [1.82, 2.24) is 14.9 Å². The van der Waals surface area contributed by atoms with Crippen LogP contribution in [0.15, 0.2) is 43.0 Å². The molecular weight excluding hydrogens is 320 g/mol. The lowest BCUT2D eigenvalue weighted by Gasteiger charge is -2.20. The van der Waals surface area contributed by atoms with Gasteiger partial charge in [-0.05, 0) is 19.1 Å². The molecule has 7 heteroatoms. The van der Waals surface area contributed by atoms with Crippen molar-refractivity contribution in [3.05, 3.63) is 43.0 Å². The second kappa shape index (κ2) is 7.83. The Kier molecular flexibility index (Phi) is 5.33. The van der Waals surface area contributed by atoms with Crippen molar-refractivity contribution < 1.29 is 14.3 Å². The van der Waals surface area contributed by atoms with E-state index in [2.05, 4.69) is 10.3 Å². The number of ether oxygens (including phenoxy) is 1. The lowest BCUT2D eigenvalue weighted by atomic mass is 10.1. The molecule has 0 radical (unpaired) electrons. The molecule has 0 aliphatic carbocycles. The van der Waals surface area contributed by atoms with Gasteiger partial charge in [0, 0.05) is 38.4 Å². The Labute approximate surface area is 146 Å². The second-order valence-corrected chi connectivity index (χ2v) is 5.90. The zero-order valence-corrected chi connectivity index (χ0v) is 14.2. The highest BCUT2D eigenvalue weighted by Crippen LogP contribution is 2.33. The molecule has 25 heavy (non-hydrogen) atoms. The van der Waals surface area contributed by atoms with Crippen molar-refractivity contribution in [1.29, 1.82) is 0 Å². The number of nitrogens with zero attached hydrogens (tertiary/aromatic N) is 3. The minimum atomic E-state index is -0.343. The summed E-state index contributed by atoms with van der Waals surface area (Å²) in [5, 5.41) is 2.90. The Hall–Kier alpha value is -2.83. The highest BCUT2D eigenvalue weighted by Gasteiger charge is 2.36. The molecule has 2 amide bonds. The normalized spacial score (nSPS) is 16.9. The number of carbonyl (C=O) groups excluding carboxylic acids is 2. The maximum Gasteiger partial charge on any atom is 0.227 e. The molecule has 132 valence electrons. The third-order valence-electron chi connectivity index (χ3n) is 4.18. The number of rotatable bonds is 7. The summed E-state index contributed by atoms with van der Waals surface area (Å²) in [5.74, 6) is 0.177. The lowest BCUT2D eigenvalue weighted by Crippen LogP contribution is -2.34. The number of nitrogens with one attached hydrogen (secondary N) is 1. The van der Waals surface area contributed by atoms with Gasteiger partial charge >= 0.3 is 0 Å². The molecule has 7 nitrogen and oxygen atoms in total. The van der Waals surface area contributed by atoms with Crippen LogP contribution < -0.4 is 15.0 Å². The Balaban J connectivity index is 1.59. The van der Waals surface area contributed by atoms with Crippen LogP contribution in [0.5, 0.6) is 5.75 Å². The van der Waals surface area contributed by atoms with Crippen LogP contribution >= 0.6 is 0 Å². The van der Waals surface area contributed by atoms with Crippen LogP contribution in [0.25, 0.3) is 0 Å². The van der Waals surface area contributed by atoms with Crippen molar-refractivity contribution >= 4 is 17.5 Å². The van der Waals surface area contributed by atoms with E-state index >= 15 is 0 Å². The minimum absolute atomic E-state index is 0.0538. The second-order valence-electron chi connectivity index (χ2n) is 5.90. The molecule has 0 unspecified atom stereocenters. The van der Waals surface area contributed by atoms with E-state index in [1.807, 2.05) is 42.0 Å². The number of para-hydroxylation sites is 2. The van der Waals surface area contributed by atoms with Gasteiger partial charge in [0.2, 0.25) is 11.8 Å². The summed E-state index contributed by atoms with van der Waals surface area (Å²) in [6.45, 7) is 3.97. The van der Waals surface area contributed by atoms with Crippen LogP contribution in [0.1, 0.15) is 13.3 Å². The molecule has 1 aliphatic heterocycles. The van der Waals surface area contributed by atoms with Gasteiger partial charge in [-0.25, -0.2) is 4.98 Å². The standard InChI is InChI=1S/C18H22N4O3/c1-2-25-16-6-4-3-5-15(16)22-12-14(11-17(22)23)18(24)20-8-10-21-9-7-19-13-21/h3-7,9,13-14H,2,8,10-12H2,1H3,(H,20,24)/t14-/m0/s1. The fourth-order valence-corrected chi connectivity index (χ4v) is 2.95. The molecule has 1 atom stereocenters. The molecule has 0 spiro atoms. The number of amides is 2. The van der Waals surface area contributed by atoms with Gasteiger partial charge in [0.25, 0.3) is 0 Å². The van der Waals surface area contributed by atoms with Crippen molar-refractivity contribution in [2.75, 3.05) is 24.6 Å². The quantitative estimate of drug-likeness (QED) is 0.826. The van der Waals surface area contributed by atoms with Crippen LogP contribution in [0.3, 0.4) is 0 Å². The average molecular weight is 342 g/mol. The van der Waals surface area contributed by atoms with Crippen molar-refractivity contribution in [3.63, 3.8) is 0 Å². The smallest absolute Gasteiger partial charge is 0.227 e. The molecule has 2 aromatic rings. The van der Waals surface area contributed by atoms with Crippen LogP contribution in [0, 0.1) is 5.92 Å². The first kappa shape index (κ1) is 17.0. The highest BCUT2D eigenvalue weighted by molar-refractivity contribution is 6.01. The predicted octanol–water partition coefficient (Wildman–Crippen LogP) is 1.45. The van der Waals surface area contributed by atoms with E-state index in [0.29, 0.717) is 32.0 Å². The van der Waals surface area contributed by atoms with Gasteiger partial charge in [-0.2, -0.15) is 0 Å². The summed E-state index contributed by atoms with van der Waals surface area (Å²) >= 11 is 0. The average Bonchev–Trinajstić information content (AvgIpc) is 3.25. The Bertz CT molecular complexity index is 730. The van der Waals surface area contributed by atoms with E-state index in [1.54, 1.807) is 17.4 Å². The number of imidazole rings is 1. The number of hydrogen-bond donors (Lipinski definition) is 1. The minimum Gasteiger partial charge on any atom is -0.492 e. The summed E-state index contributed by atoms with van der Waals surface area (Å²) in [6.07, 6.45) is 5.47. The molecule has 1 N–H and O–H groups in total. The highest BCUT2D eigenvalue weighted by atomic mass is 16.5. The van der Waals surface area contributed by atoms with Gasteiger partial charge < -0.3 is 19.5 Å². The van der Waals surface area contributed by atoms with E-state index in [9.17, 15) is 9.59 Å². The first-order valence-electron chi connectivity index (χ1n) is 8.44. The maximum absolute atomic E-state index is 12.4. The largest absolute Gasteiger partial charge is 0.492 e. The number of benzene rings is 1. The van der Waals surface area contributed by atoms with Gasteiger partial charge in [-0.15, -0.1) is 0 Å². The SMILES string of the molecule is CCOc1ccccc1N1C[C@@H](C(=O)NCCn2ccnc2)CC1=O.